The lowest BCUT2D eigenvalue weighted by atomic mass is 10.1. The van der Waals surface area contributed by atoms with Crippen LogP contribution in [-0.4, -0.2) is 29.5 Å². The average molecular weight is 450 g/mol. The summed E-state index contributed by atoms with van der Waals surface area (Å²) in [6, 6.07) is 22.6. The van der Waals surface area contributed by atoms with Crippen molar-refractivity contribution in [3.05, 3.63) is 83.4 Å². The minimum absolute atomic E-state index is 0.108. The van der Waals surface area contributed by atoms with E-state index in [-0.39, 0.29) is 11.7 Å². The number of benzene rings is 3. The molecule has 0 fully saturated rings. The van der Waals surface area contributed by atoms with Crippen LogP contribution in [0.4, 0.5) is 17.1 Å². The lowest BCUT2D eigenvalue weighted by Gasteiger charge is -2.09. The minimum atomic E-state index is -0.108. The summed E-state index contributed by atoms with van der Waals surface area (Å²) in [5.74, 6) is 0.828. The summed E-state index contributed by atoms with van der Waals surface area (Å²) in [6.45, 7) is 0. The van der Waals surface area contributed by atoms with Gasteiger partial charge in [-0.15, -0.1) is 11.8 Å². The van der Waals surface area contributed by atoms with Crippen LogP contribution in [0.25, 0.3) is 0 Å². The van der Waals surface area contributed by atoms with E-state index in [0.717, 1.165) is 27.7 Å². The fraction of sp³-hybridized carbons (Fsp3) is 0.125. The molecule has 0 atom stereocenters. The zero-order valence-electron chi connectivity index (χ0n) is 16.8. The van der Waals surface area contributed by atoms with E-state index in [1.807, 2.05) is 66.7 Å². The molecule has 0 saturated carbocycles. The van der Waals surface area contributed by atoms with Crippen molar-refractivity contribution in [3.63, 3.8) is 0 Å². The molecule has 4 rings (SSSR count). The van der Waals surface area contributed by atoms with Crippen molar-refractivity contribution in [2.45, 2.75) is 6.42 Å². The van der Waals surface area contributed by atoms with Crippen molar-refractivity contribution in [1.82, 2.24) is 0 Å². The number of halogens is 1. The van der Waals surface area contributed by atoms with Crippen LogP contribution in [0.3, 0.4) is 0 Å². The molecule has 0 unspecified atom stereocenters. The number of nitrogens with one attached hydrogen (secondary N) is 1. The normalized spacial score (nSPS) is 12.8. The topological polar surface area (TPSA) is 63.0 Å². The van der Waals surface area contributed by atoms with Crippen LogP contribution in [0.2, 0.25) is 5.02 Å². The molecule has 3 aromatic carbocycles. The Morgan fingerprint density at radius 3 is 2.52 bits per heavy atom. The van der Waals surface area contributed by atoms with Crippen LogP contribution in [0, 0.1) is 0 Å². The molecule has 1 N–H and O–H groups in total. The van der Waals surface area contributed by atoms with Crippen LogP contribution in [0.15, 0.2) is 82.8 Å². The molecule has 1 heterocycles. The van der Waals surface area contributed by atoms with E-state index in [4.69, 9.17) is 26.3 Å². The number of para-hydroxylation sites is 2. The summed E-state index contributed by atoms with van der Waals surface area (Å²) in [4.78, 5) is 22.1. The van der Waals surface area contributed by atoms with E-state index in [1.54, 1.807) is 13.2 Å². The first-order chi connectivity index (χ1) is 15.1. The van der Waals surface area contributed by atoms with Gasteiger partial charge in [-0.2, -0.15) is 0 Å². The fourth-order valence-electron chi connectivity index (χ4n) is 3.09. The van der Waals surface area contributed by atoms with Gasteiger partial charge in [-0.05, 0) is 42.0 Å². The Hall–Kier alpha value is -3.09. The number of methoxy groups -OCH3 is 1. The predicted molar refractivity (Wildman–Crippen MR) is 130 cm³/mol. The second kappa shape index (κ2) is 9.81. The van der Waals surface area contributed by atoms with Crippen LogP contribution < -0.4 is 10.1 Å². The Bertz CT molecular complexity index is 1160. The zero-order chi connectivity index (χ0) is 21.6. The summed E-state index contributed by atoms with van der Waals surface area (Å²) in [5, 5.41) is 4.41. The number of aliphatic imine (C=N–C) groups is 2. The number of anilines is 1. The SMILES string of the molecule is COc1cccc(NC(=O)CSC2=Nc3ccccc3N=C(c3ccc(Cl)cc3)C2)c1. The van der Waals surface area contributed by atoms with E-state index in [0.29, 0.717) is 22.9 Å². The molecule has 156 valence electrons. The summed E-state index contributed by atoms with van der Waals surface area (Å²) in [5.41, 5.74) is 4.17. The molecule has 0 saturated heterocycles. The number of rotatable bonds is 5. The maximum atomic E-state index is 12.5. The number of fused-ring (bicyclic) bond motifs is 1. The number of hydrogen-bond donors (Lipinski definition) is 1. The van der Waals surface area contributed by atoms with E-state index in [9.17, 15) is 4.79 Å². The molecular weight excluding hydrogens is 430 g/mol. The van der Waals surface area contributed by atoms with Gasteiger partial charge in [0, 0.05) is 23.2 Å². The molecule has 0 radical (unpaired) electrons. The maximum absolute atomic E-state index is 12.5. The second-order valence-corrected chi connectivity index (χ2v) is 8.29. The molecule has 1 aliphatic rings. The molecule has 3 aromatic rings. The third kappa shape index (κ3) is 5.54. The first-order valence-corrected chi connectivity index (χ1v) is 11.0. The van der Waals surface area contributed by atoms with Crippen molar-refractivity contribution in [2.24, 2.45) is 9.98 Å². The third-order valence-corrected chi connectivity index (χ3v) is 5.83. The highest BCUT2D eigenvalue weighted by Gasteiger charge is 2.16. The van der Waals surface area contributed by atoms with Gasteiger partial charge in [-0.1, -0.05) is 41.9 Å². The number of ether oxygens (including phenoxy) is 1. The summed E-state index contributed by atoms with van der Waals surface area (Å²) in [6.07, 6.45) is 0.535. The highest BCUT2D eigenvalue weighted by atomic mass is 35.5. The van der Waals surface area contributed by atoms with Crippen molar-refractivity contribution in [1.29, 1.82) is 0 Å². The second-order valence-electron chi connectivity index (χ2n) is 6.81. The fourth-order valence-corrected chi connectivity index (χ4v) is 3.99. The number of carbonyl (C=O) groups excluding carboxylic acids is 1. The van der Waals surface area contributed by atoms with Gasteiger partial charge in [0.25, 0.3) is 0 Å². The number of carbonyl (C=O) groups is 1. The van der Waals surface area contributed by atoms with E-state index in [1.165, 1.54) is 11.8 Å². The molecule has 1 aliphatic heterocycles. The van der Waals surface area contributed by atoms with Gasteiger partial charge in [0.1, 0.15) is 5.75 Å². The Morgan fingerprint density at radius 2 is 1.77 bits per heavy atom. The van der Waals surface area contributed by atoms with Gasteiger partial charge in [-0.25, -0.2) is 4.99 Å². The number of nitrogens with zero attached hydrogens (tertiary/aromatic N) is 2. The van der Waals surface area contributed by atoms with Gasteiger partial charge in [0.05, 0.1) is 35.0 Å². The first kappa shape index (κ1) is 21.2. The molecule has 31 heavy (non-hydrogen) atoms. The maximum Gasteiger partial charge on any atom is 0.234 e. The third-order valence-electron chi connectivity index (χ3n) is 4.60. The molecule has 5 nitrogen and oxygen atoms in total. The van der Waals surface area contributed by atoms with Gasteiger partial charge < -0.3 is 10.1 Å². The monoisotopic (exact) mass is 449 g/mol. The molecule has 0 aliphatic carbocycles. The Morgan fingerprint density at radius 1 is 1.03 bits per heavy atom. The van der Waals surface area contributed by atoms with Gasteiger partial charge in [-0.3, -0.25) is 9.79 Å². The Kier molecular flexibility index (Phi) is 6.70. The number of hydrogen-bond acceptors (Lipinski definition) is 5. The molecule has 7 heteroatoms. The average Bonchev–Trinajstić information content (AvgIpc) is 2.97. The Labute approximate surface area is 190 Å². The molecule has 1 amide bonds. The highest BCUT2D eigenvalue weighted by molar-refractivity contribution is 8.14. The largest absolute Gasteiger partial charge is 0.497 e. The summed E-state index contributed by atoms with van der Waals surface area (Å²) in [7, 11) is 1.60. The van der Waals surface area contributed by atoms with E-state index >= 15 is 0 Å². The lowest BCUT2D eigenvalue weighted by Crippen LogP contribution is -2.16. The van der Waals surface area contributed by atoms with E-state index < -0.39 is 0 Å². The zero-order valence-corrected chi connectivity index (χ0v) is 18.4. The minimum Gasteiger partial charge on any atom is -0.497 e. The number of amides is 1. The van der Waals surface area contributed by atoms with Gasteiger partial charge in [0.2, 0.25) is 5.91 Å². The van der Waals surface area contributed by atoms with Crippen LogP contribution >= 0.6 is 23.4 Å². The Balaban J connectivity index is 1.51. The molecule has 0 aromatic heterocycles. The van der Waals surface area contributed by atoms with Crippen LogP contribution in [0.5, 0.6) is 5.75 Å². The molecule has 0 spiro atoms. The van der Waals surface area contributed by atoms with Gasteiger partial charge in [0.15, 0.2) is 0 Å². The molecule has 0 bridgehead atoms. The summed E-state index contributed by atoms with van der Waals surface area (Å²) < 4.78 is 5.20. The smallest absolute Gasteiger partial charge is 0.234 e. The quantitative estimate of drug-likeness (QED) is 0.498. The lowest BCUT2D eigenvalue weighted by molar-refractivity contribution is -0.113. The molecular formula is C24H20ClN3O2S. The van der Waals surface area contributed by atoms with E-state index in [2.05, 4.69) is 5.32 Å². The summed E-state index contributed by atoms with van der Waals surface area (Å²) >= 11 is 7.46. The predicted octanol–water partition coefficient (Wildman–Crippen LogP) is 6.28. The standard InChI is InChI=1S/C24H20ClN3O2S/c1-30-19-6-4-5-18(13-19)26-23(29)15-31-24-14-22(16-9-11-17(25)12-10-16)27-20-7-2-3-8-21(20)28-24/h2-13H,14-15H2,1H3,(H,26,29). The van der Waals surface area contributed by atoms with Gasteiger partial charge >= 0.3 is 0 Å². The van der Waals surface area contributed by atoms with Crippen LogP contribution in [-0.2, 0) is 4.79 Å². The van der Waals surface area contributed by atoms with Crippen molar-refractivity contribution >= 4 is 57.1 Å². The van der Waals surface area contributed by atoms with Crippen molar-refractivity contribution in [2.75, 3.05) is 18.2 Å². The number of thioether (sulfide) groups is 1. The van der Waals surface area contributed by atoms with Crippen LogP contribution in [0.1, 0.15) is 12.0 Å². The first-order valence-electron chi connectivity index (χ1n) is 9.67. The van der Waals surface area contributed by atoms with Crippen molar-refractivity contribution < 1.29 is 9.53 Å². The van der Waals surface area contributed by atoms with Crippen molar-refractivity contribution in [3.8, 4) is 5.75 Å². The highest BCUT2D eigenvalue weighted by Crippen LogP contribution is 2.33.